The Hall–Kier alpha value is -13.0. The molecule has 0 unspecified atom stereocenters. The van der Waals surface area contributed by atoms with E-state index in [1.165, 1.54) is 97.6 Å². The molecule has 3 N–H and O–H groups in total. The number of hydrazone groups is 4. The molecule has 0 atom stereocenters. The number of para-hydroxylation sites is 5. The van der Waals surface area contributed by atoms with E-state index in [1.807, 2.05) is 128 Å². The van der Waals surface area contributed by atoms with Crippen LogP contribution in [0, 0.1) is 3.14 Å². The number of benzene rings is 12. The van der Waals surface area contributed by atoms with Crippen molar-refractivity contribution in [1.82, 2.24) is 19.9 Å². The highest BCUT2D eigenvalue weighted by atomic mass is 32.2. The van der Waals surface area contributed by atoms with Gasteiger partial charge in [0.05, 0.1) is 66.4 Å². The lowest BCUT2D eigenvalue weighted by Gasteiger charge is -2.25. The molecule has 17 aromatic rings. The average Bonchev–Trinajstić information content (AvgIpc) is 1.60. The van der Waals surface area contributed by atoms with Crippen molar-refractivity contribution in [3.63, 3.8) is 0 Å². The van der Waals surface area contributed by atoms with Crippen LogP contribution in [-0.2, 0) is 43.3 Å². The van der Waals surface area contributed by atoms with Gasteiger partial charge in [0.25, 0.3) is 0 Å². The Morgan fingerprint density at radius 2 is 0.700 bits per heavy atom. The van der Waals surface area contributed by atoms with Gasteiger partial charge < -0.3 is 4.42 Å². The molecule has 150 heavy (non-hydrogen) atoms. The molecule has 20 heteroatoms. The van der Waals surface area contributed by atoms with Crippen molar-refractivity contribution < 1.29 is 4.42 Å². The number of nitrogens with zero attached hydrogens (tertiary/aromatic N) is 11. The summed E-state index contributed by atoms with van der Waals surface area (Å²) >= 11 is 12.2. The number of thiazole rings is 2. The zero-order valence-corrected chi connectivity index (χ0v) is 98.5. The maximum atomic E-state index is 5.63. The number of pyridine rings is 1. The van der Waals surface area contributed by atoms with Gasteiger partial charge in [-0.2, -0.15) is 30.5 Å². The number of anilines is 4. The highest BCUT2D eigenvalue weighted by Crippen LogP contribution is 2.44. The molecule has 0 saturated carbocycles. The summed E-state index contributed by atoms with van der Waals surface area (Å²) in [6.45, 7) is 71.5. The second kappa shape index (κ2) is 48.1. The average molecular weight is 2090 g/mol. The first kappa shape index (κ1) is 114. The SMILES string of the molecule is CC(C)(C)c1ccc(C(C)(C)C)c(/C=N/N=C2c3ccccc3-c3ccccc32)c1.CC(C)(C)c1ccc(C(C)(C)C)c(/C=N/Nc2nc3ccccc3s2)c1.CC(C)c1ccc(C(C)(C)C)c2sc(=S)sc12.CC(C)c1ccc(C(C)(C)C)cc1/C=N/N(C)c1nc2ccccc2s1.CC(C)c1ccc(C(C)(C)C)cc1/C=N/Nc1ccc2ccccc2n1.CC(C)c1ccc(C(C)(C)C)cc1/C=N/Nc1nc2ccccc2o1. The first-order valence-electron chi connectivity index (χ1n) is 52.2. The van der Waals surface area contributed by atoms with E-state index >= 15 is 0 Å². The van der Waals surface area contributed by atoms with Crippen LogP contribution in [0.5, 0.6) is 0 Å². The predicted octanol–water partition coefficient (Wildman–Crippen LogP) is 37.6. The fraction of sp³-hybridized carbons (Fsp3) is 0.346. The summed E-state index contributed by atoms with van der Waals surface area (Å²) in [5, 5.41) is 31.9. The van der Waals surface area contributed by atoms with E-state index < -0.39 is 0 Å². The normalized spacial score (nSPS) is 12.7. The Morgan fingerprint density at radius 3 is 1.17 bits per heavy atom. The fourth-order valence-electron chi connectivity index (χ4n) is 17.6. The van der Waals surface area contributed by atoms with Crippen LogP contribution in [0.15, 0.2) is 296 Å². The van der Waals surface area contributed by atoms with E-state index in [1.54, 1.807) is 45.3 Å². The minimum Gasteiger partial charge on any atom is -0.422 e. The first-order valence-corrected chi connectivity index (χ1v) is 55.9. The van der Waals surface area contributed by atoms with Crippen molar-refractivity contribution in [3.8, 4) is 11.1 Å². The van der Waals surface area contributed by atoms with E-state index in [2.05, 4.69) is 459 Å². The summed E-state index contributed by atoms with van der Waals surface area (Å²) in [6.07, 6.45) is 9.56. The van der Waals surface area contributed by atoms with E-state index in [9.17, 15) is 0 Å². The molecule has 0 amide bonds. The number of hydrogen-bond donors (Lipinski definition) is 3. The third-order valence-corrected chi connectivity index (χ3v) is 31.1. The van der Waals surface area contributed by atoms with Gasteiger partial charge in [0.2, 0.25) is 10.3 Å². The van der Waals surface area contributed by atoms with Crippen LogP contribution < -0.4 is 21.3 Å². The molecule has 5 heterocycles. The van der Waals surface area contributed by atoms with Gasteiger partial charge in [-0.25, -0.2) is 25.4 Å². The van der Waals surface area contributed by atoms with Gasteiger partial charge in [-0.1, -0.05) is 432 Å². The highest BCUT2D eigenvalue weighted by molar-refractivity contribution is 7.77. The summed E-state index contributed by atoms with van der Waals surface area (Å²) in [7, 11) is 1.96. The van der Waals surface area contributed by atoms with Crippen molar-refractivity contribution >= 4 is 168 Å². The Labute approximate surface area is 913 Å². The summed E-state index contributed by atoms with van der Waals surface area (Å²) in [5.41, 5.74) is 41.8. The molecular weight excluding hydrogens is 1930 g/mol. The summed E-state index contributed by atoms with van der Waals surface area (Å²) < 4.78 is 11.8. The van der Waals surface area contributed by atoms with Crippen molar-refractivity contribution in [1.29, 1.82) is 0 Å². The topological polar surface area (TPSA) is 178 Å². The second-order valence-corrected chi connectivity index (χ2v) is 53.3. The van der Waals surface area contributed by atoms with Gasteiger partial charge in [-0.15, -0.1) is 27.8 Å². The highest BCUT2D eigenvalue weighted by Gasteiger charge is 2.29. The standard InChI is InChI=1S/C28H30N2.C23H27N3.2C22H27N3S.C21H25N3O.C14H18S3/c1-27(2,3)20-15-16-25(28(4,5)6)19(17-20)18-29-30-26-23-13-9-7-11-21(23)22-12-8-10-14-24(22)26;1-16(2)20-12-11-19(23(3,4)5)14-18(20)15-24-26-22-13-10-17-8-6-7-9-21(17)25-22;1-21(2,3)16-11-12-17(22(4,5)6)15(13-16)14-23-25-20-24-18-9-7-8-10-19(18)26-20;1-15(2)18-12-11-17(22(3,4)5)13-16(18)14-23-25(6)21-24-19-9-7-8-10-20(19)26-21;1-14(2)17-11-10-16(21(3,4)5)12-15(17)13-22-24-20-23-18-8-6-7-9-19(18)25-20;1-8(2)9-6-7-10(14(3,4)5)12-11(9)16-13(15)17-12/h7-18H,1-6H3;6-16H,1-5H3,(H,25,26);7-14H,1-6H3,(H,24,25);7-15H,1-6H3;6-14H,1-5H3,(H,23,24);6-8H,1-5H3/b29-18+;24-15+;2*23-14+;22-13+;. The van der Waals surface area contributed by atoms with E-state index in [0.29, 0.717) is 29.7 Å². The van der Waals surface area contributed by atoms with Gasteiger partial charge in [0.15, 0.2) is 5.58 Å². The summed E-state index contributed by atoms with van der Waals surface area (Å²) in [5.74, 6) is 2.65. The molecule has 0 radical (unpaired) electrons. The quantitative estimate of drug-likeness (QED) is 0.0425. The zero-order valence-electron chi connectivity index (χ0n) is 94.4. The number of oxazole rings is 1. The minimum atomic E-state index is 0.0392. The van der Waals surface area contributed by atoms with Gasteiger partial charge in [-0.05, 0) is 258 Å². The van der Waals surface area contributed by atoms with Crippen LogP contribution >= 0.6 is 57.6 Å². The molecule has 780 valence electrons. The van der Waals surface area contributed by atoms with Gasteiger partial charge in [-0.3, -0.25) is 10.9 Å². The molecule has 0 spiro atoms. The Morgan fingerprint density at radius 1 is 0.320 bits per heavy atom. The number of aromatic nitrogens is 4. The second-order valence-electron chi connectivity index (χ2n) is 48.1. The van der Waals surface area contributed by atoms with Crippen LogP contribution in [-0.4, -0.2) is 63.8 Å². The minimum absolute atomic E-state index is 0.0392. The third-order valence-electron chi connectivity index (χ3n) is 26.4. The third kappa shape index (κ3) is 29.9. The molecule has 1 aliphatic carbocycles. The molecule has 12 aromatic carbocycles. The van der Waals surface area contributed by atoms with E-state index in [0.717, 1.165) is 96.0 Å². The molecule has 0 bridgehead atoms. The molecule has 0 aliphatic heterocycles. The van der Waals surface area contributed by atoms with Crippen LogP contribution in [0.25, 0.3) is 63.0 Å². The van der Waals surface area contributed by atoms with Crippen molar-refractivity contribution in [2.45, 2.75) is 289 Å². The number of nitrogens with one attached hydrogen (secondary N) is 3. The van der Waals surface area contributed by atoms with Crippen LogP contribution in [0.3, 0.4) is 0 Å². The fourth-order valence-corrected chi connectivity index (χ4v) is 22.4. The van der Waals surface area contributed by atoms with Gasteiger partial charge in [0, 0.05) is 23.6 Å². The molecule has 0 fully saturated rings. The number of fused-ring (bicyclic) bond motifs is 8. The van der Waals surface area contributed by atoms with Gasteiger partial charge >= 0.3 is 6.01 Å². The van der Waals surface area contributed by atoms with Crippen LogP contribution in [0.2, 0.25) is 0 Å². The number of hydrogen-bond acceptors (Lipinski definition) is 20. The van der Waals surface area contributed by atoms with Crippen LogP contribution in [0.4, 0.5) is 22.1 Å². The van der Waals surface area contributed by atoms with Crippen molar-refractivity contribution in [2.24, 2.45) is 30.6 Å². The van der Waals surface area contributed by atoms with Crippen molar-refractivity contribution in [2.75, 3.05) is 28.3 Å². The largest absolute Gasteiger partial charge is 0.422 e. The predicted molar refractivity (Wildman–Crippen MR) is 658 cm³/mol. The molecular formula is C130H154N14OS5. The van der Waals surface area contributed by atoms with Gasteiger partial charge in [0.1, 0.15) is 20.2 Å². The molecule has 18 rings (SSSR count). The maximum Gasteiger partial charge on any atom is 0.316 e. The summed E-state index contributed by atoms with van der Waals surface area (Å²) in [4.78, 5) is 18.2. The molecule has 0 saturated heterocycles. The monoisotopic (exact) mass is 2090 g/mol. The van der Waals surface area contributed by atoms with E-state index in [-0.39, 0.29) is 43.3 Å². The van der Waals surface area contributed by atoms with Crippen molar-refractivity contribution in [3.05, 3.63) is 370 Å². The smallest absolute Gasteiger partial charge is 0.316 e. The summed E-state index contributed by atoms with van der Waals surface area (Å²) in [6, 6.07) is 91.4. The van der Waals surface area contributed by atoms with Crippen LogP contribution in [0.1, 0.15) is 351 Å². The Balaban J connectivity index is 0.000000151. The first-order chi connectivity index (χ1) is 70.5. The number of rotatable bonds is 18. The van der Waals surface area contributed by atoms with E-state index in [4.69, 9.17) is 21.7 Å². The molecule has 15 nitrogen and oxygen atoms in total. The Bertz CT molecular complexity index is 7680. The lowest BCUT2D eigenvalue weighted by molar-refractivity contribution is 0.576. The Kier molecular flexibility index (Phi) is 36.6. The molecule has 5 aromatic heterocycles. The zero-order chi connectivity index (χ0) is 109. The maximum absolute atomic E-state index is 5.63. The lowest BCUT2D eigenvalue weighted by Crippen LogP contribution is -2.17. The molecule has 1 aliphatic rings. The lowest BCUT2D eigenvalue weighted by atomic mass is 9.79.